The number of ether oxygens (including phenoxy) is 1. The summed E-state index contributed by atoms with van der Waals surface area (Å²) in [6.07, 6.45) is 4.55. The maximum absolute atomic E-state index is 11.7. The SMILES string of the molecule is CCOc1cc(/C=N\NC(=O)C(=O)NCc2cccnc2)ccc1O. The van der Waals surface area contributed by atoms with Crippen molar-refractivity contribution in [2.24, 2.45) is 5.10 Å². The standard InChI is InChI=1S/C17H18N4O4/c1-2-25-15-8-12(5-6-14(15)22)11-20-21-17(24)16(23)19-10-13-4-3-7-18-9-13/h3-9,11,22H,2,10H2,1H3,(H,19,23)(H,21,24)/b20-11-. The van der Waals surface area contributed by atoms with E-state index >= 15 is 0 Å². The molecule has 0 radical (unpaired) electrons. The Kier molecular flexibility index (Phi) is 6.47. The average Bonchev–Trinajstić information content (AvgIpc) is 2.63. The lowest BCUT2D eigenvalue weighted by Gasteiger charge is -2.06. The quantitative estimate of drug-likeness (QED) is 0.411. The zero-order valence-electron chi connectivity index (χ0n) is 13.6. The Morgan fingerprint density at radius 2 is 2.16 bits per heavy atom. The molecular formula is C17H18N4O4. The summed E-state index contributed by atoms with van der Waals surface area (Å²) in [7, 11) is 0. The predicted molar refractivity (Wildman–Crippen MR) is 91.1 cm³/mol. The Labute approximate surface area is 144 Å². The number of benzene rings is 1. The average molecular weight is 342 g/mol. The number of hydrogen-bond donors (Lipinski definition) is 3. The van der Waals surface area contributed by atoms with Gasteiger partial charge < -0.3 is 15.2 Å². The maximum Gasteiger partial charge on any atom is 0.329 e. The van der Waals surface area contributed by atoms with E-state index in [2.05, 4.69) is 20.8 Å². The van der Waals surface area contributed by atoms with Crippen LogP contribution in [0.4, 0.5) is 0 Å². The van der Waals surface area contributed by atoms with Gasteiger partial charge in [-0.1, -0.05) is 6.07 Å². The number of nitrogens with zero attached hydrogens (tertiary/aromatic N) is 2. The Morgan fingerprint density at radius 3 is 2.88 bits per heavy atom. The first-order valence-electron chi connectivity index (χ1n) is 7.56. The number of hydrazone groups is 1. The highest BCUT2D eigenvalue weighted by molar-refractivity contribution is 6.35. The van der Waals surface area contributed by atoms with Crippen LogP contribution in [-0.4, -0.2) is 34.7 Å². The molecule has 0 aliphatic rings. The lowest BCUT2D eigenvalue weighted by molar-refractivity contribution is -0.139. The summed E-state index contributed by atoms with van der Waals surface area (Å²) in [5, 5.41) is 15.8. The van der Waals surface area contributed by atoms with E-state index in [0.717, 1.165) is 5.56 Å². The second-order valence-corrected chi connectivity index (χ2v) is 4.90. The number of carbonyl (C=O) groups is 2. The highest BCUT2D eigenvalue weighted by Gasteiger charge is 2.11. The van der Waals surface area contributed by atoms with Gasteiger partial charge in [-0.3, -0.25) is 14.6 Å². The molecule has 2 amide bonds. The summed E-state index contributed by atoms with van der Waals surface area (Å²) < 4.78 is 5.25. The van der Waals surface area contributed by atoms with Gasteiger partial charge in [0.2, 0.25) is 0 Å². The third-order valence-electron chi connectivity index (χ3n) is 3.05. The van der Waals surface area contributed by atoms with Crippen LogP contribution < -0.4 is 15.5 Å². The summed E-state index contributed by atoms with van der Waals surface area (Å²) in [4.78, 5) is 27.2. The zero-order chi connectivity index (χ0) is 18.1. The fourth-order valence-electron chi connectivity index (χ4n) is 1.86. The number of pyridine rings is 1. The van der Waals surface area contributed by atoms with Crippen LogP contribution in [0.3, 0.4) is 0 Å². The molecule has 25 heavy (non-hydrogen) atoms. The second-order valence-electron chi connectivity index (χ2n) is 4.90. The second kappa shape index (κ2) is 9.02. The molecule has 0 unspecified atom stereocenters. The first kappa shape index (κ1) is 17.9. The fourth-order valence-corrected chi connectivity index (χ4v) is 1.86. The molecule has 1 aromatic heterocycles. The third-order valence-corrected chi connectivity index (χ3v) is 3.05. The van der Waals surface area contributed by atoms with Crippen molar-refractivity contribution in [3.8, 4) is 11.5 Å². The molecule has 3 N–H and O–H groups in total. The molecule has 0 saturated carbocycles. The Bertz CT molecular complexity index is 762. The number of aromatic hydroxyl groups is 1. The van der Waals surface area contributed by atoms with Crippen molar-refractivity contribution in [3.63, 3.8) is 0 Å². The minimum atomic E-state index is -0.885. The van der Waals surface area contributed by atoms with Gasteiger partial charge in [0.05, 0.1) is 12.8 Å². The summed E-state index contributed by atoms with van der Waals surface area (Å²) in [6.45, 7) is 2.39. The Balaban J connectivity index is 1.85. The van der Waals surface area contributed by atoms with Crippen LogP contribution in [0.5, 0.6) is 11.5 Å². The van der Waals surface area contributed by atoms with Crippen LogP contribution in [0.25, 0.3) is 0 Å². The minimum absolute atomic E-state index is 0.0119. The summed E-state index contributed by atoms with van der Waals surface area (Å²) in [6, 6.07) is 8.13. The lowest BCUT2D eigenvalue weighted by Crippen LogP contribution is -2.37. The first-order chi connectivity index (χ1) is 12.1. The Morgan fingerprint density at radius 1 is 1.32 bits per heavy atom. The minimum Gasteiger partial charge on any atom is -0.504 e. The van der Waals surface area contributed by atoms with Crippen molar-refractivity contribution in [2.75, 3.05) is 6.61 Å². The van der Waals surface area contributed by atoms with Crippen LogP contribution in [0, 0.1) is 0 Å². The number of nitrogens with one attached hydrogen (secondary N) is 2. The molecule has 0 fully saturated rings. The molecule has 130 valence electrons. The summed E-state index contributed by atoms with van der Waals surface area (Å²) >= 11 is 0. The molecule has 1 aromatic carbocycles. The number of hydrogen-bond acceptors (Lipinski definition) is 6. The summed E-state index contributed by atoms with van der Waals surface area (Å²) in [5.74, 6) is -1.37. The number of phenolic OH excluding ortho intramolecular Hbond substituents is 1. The molecular weight excluding hydrogens is 324 g/mol. The van der Waals surface area contributed by atoms with Gasteiger partial charge in [0.1, 0.15) is 0 Å². The highest BCUT2D eigenvalue weighted by Crippen LogP contribution is 2.26. The number of aromatic nitrogens is 1. The molecule has 8 heteroatoms. The smallest absolute Gasteiger partial charge is 0.329 e. The van der Waals surface area contributed by atoms with Gasteiger partial charge in [-0.2, -0.15) is 5.10 Å². The molecule has 0 saturated heterocycles. The van der Waals surface area contributed by atoms with Crippen LogP contribution in [-0.2, 0) is 16.1 Å². The van der Waals surface area contributed by atoms with Crippen molar-refractivity contribution in [2.45, 2.75) is 13.5 Å². The van der Waals surface area contributed by atoms with E-state index in [-0.39, 0.29) is 12.3 Å². The molecule has 1 heterocycles. The fraction of sp³-hybridized carbons (Fsp3) is 0.176. The monoisotopic (exact) mass is 342 g/mol. The zero-order valence-corrected chi connectivity index (χ0v) is 13.6. The topological polar surface area (TPSA) is 113 Å². The van der Waals surface area contributed by atoms with Gasteiger partial charge in [0.15, 0.2) is 11.5 Å². The van der Waals surface area contributed by atoms with Gasteiger partial charge in [0.25, 0.3) is 0 Å². The van der Waals surface area contributed by atoms with Crippen LogP contribution in [0.1, 0.15) is 18.1 Å². The van der Waals surface area contributed by atoms with Gasteiger partial charge in [0, 0.05) is 18.9 Å². The largest absolute Gasteiger partial charge is 0.504 e. The van der Waals surface area contributed by atoms with E-state index in [1.165, 1.54) is 12.3 Å². The highest BCUT2D eigenvalue weighted by atomic mass is 16.5. The number of carbonyl (C=O) groups excluding carboxylic acids is 2. The molecule has 0 aliphatic heterocycles. The van der Waals surface area contributed by atoms with Crippen molar-refractivity contribution >= 4 is 18.0 Å². The number of rotatable bonds is 6. The number of amides is 2. The lowest BCUT2D eigenvalue weighted by atomic mass is 10.2. The van der Waals surface area contributed by atoms with E-state index in [9.17, 15) is 14.7 Å². The first-order valence-corrected chi connectivity index (χ1v) is 7.56. The van der Waals surface area contributed by atoms with E-state index in [4.69, 9.17) is 4.74 Å². The summed E-state index contributed by atoms with van der Waals surface area (Å²) in [5.41, 5.74) is 3.51. The molecule has 0 bridgehead atoms. The molecule has 2 rings (SSSR count). The molecule has 0 spiro atoms. The third kappa shape index (κ3) is 5.61. The Hall–Kier alpha value is -3.42. The molecule has 0 atom stereocenters. The molecule has 0 aliphatic carbocycles. The van der Waals surface area contributed by atoms with Crippen molar-refractivity contribution < 1.29 is 19.4 Å². The van der Waals surface area contributed by atoms with Crippen molar-refractivity contribution in [1.29, 1.82) is 0 Å². The van der Waals surface area contributed by atoms with E-state index < -0.39 is 11.8 Å². The number of phenols is 1. The normalized spacial score (nSPS) is 10.4. The predicted octanol–water partition coefficient (Wildman–Crippen LogP) is 0.952. The van der Waals surface area contributed by atoms with Crippen LogP contribution >= 0.6 is 0 Å². The molecule has 2 aromatic rings. The van der Waals surface area contributed by atoms with Crippen molar-refractivity contribution in [1.82, 2.24) is 15.7 Å². The van der Waals surface area contributed by atoms with Crippen LogP contribution in [0.15, 0.2) is 47.8 Å². The van der Waals surface area contributed by atoms with E-state index in [1.807, 2.05) is 0 Å². The van der Waals surface area contributed by atoms with Gasteiger partial charge in [-0.25, -0.2) is 5.43 Å². The van der Waals surface area contributed by atoms with Gasteiger partial charge in [-0.05, 0) is 42.3 Å². The van der Waals surface area contributed by atoms with Crippen LogP contribution in [0.2, 0.25) is 0 Å². The van der Waals surface area contributed by atoms with E-state index in [1.54, 1.807) is 43.6 Å². The van der Waals surface area contributed by atoms with Gasteiger partial charge in [-0.15, -0.1) is 0 Å². The molecule has 8 nitrogen and oxygen atoms in total. The van der Waals surface area contributed by atoms with Crippen molar-refractivity contribution in [3.05, 3.63) is 53.9 Å². The van der Waals surface area contributed by atoms with Gasteiger partial charge >= 0.3 is 11.8 Å². The maximum atomic E-state index is 11.7. The van der Waals surface area contributed by atoms with E-state index in [0.29, 0.717) is 17.9 Å².